The average molecular weight is 290 g/mol. The van der Waals surface area contributed by atoms with Gasteiger partial charge in [0, 0.05) is 20.1 Å². The molecule has 0 spiro atoms. The second kappa shape index (κ2) is 9.47. The van der Waals surface area contributed by atoms with Crippen molar-refractivity contribution in [2.75, 3.05) is 26.9 Å². The second-order valence-electron chi connectivity index (χ2n) is 3.62. The van der Waals surface area contributed by atoms with Gasteiger partial charge in [-0.05, 0) is 19.1 Å². The summed E-state index contributed by atoms with van der Waals surface area (Å²) in [5.41, 5.74) is 5.64. The maximum Gasteiger partial charge on any atom is 0.252 e. The Morgan fingerprint density at radius 2 is 2.00 bits per heavy atom. The first kappa shape index (κ1) is 17.5. The van der Waals surface area contributed by atoms with Gasteiger partial charge in [0.25, 0.3) is 5.91 Å². The van der Waals surface area contributed by atoms with E-state index in [0.29, 0.717) is 36.9 Å². The molecule has 0 atom stereocenters. The van der Waals surface area contributed by atoms with Crippen LogP contribution in [0, 0.1) is 0 Å². The van der Waals surface area contributed by atoms with E-state index in [0.717, 1.165) is 6.42 Å². The number of primary amides is 1. The lowest BCUT2D eigenvalue weighted by Gasteiger charge is -2.14. The highest BCUT2D eigenvalue weighted by Gasteiger charge is 2.14. The Labute approximate surface area is 119 Å². The first-order valence-electron chi connectivity index (χ1n) is 5.88. The third-order valence-corrected chi connectivity index (χ3v) is 2.28. The van der Waals surface area contributed by atoms with Crippen LogP contribution in [0.4, 0.5) is 0 Å². The summed E-state index contributed by atoms with van der Waals surface area (Å²) < 4.78 is 15.9. The molecule has 1 aromatic carbocycles. The summed E-state index contributed by atoms with van der Waals surface area (Å²) in [4.78, 5) is 11.3. The molecule has 0 radical (unpaired) electrons. The average Bonchev–Trinajstić information content (AvgIpc) is 2.36. The third kappa shape index (κ3) is 5.36. The van der Waals surface area contributed by atoms with E-state index in [1.807, 2.05) is 6.92 Å². The number of ether oxygens (including phenoxy) is 3. The van der Waals surface area contributed by atoms with Crippen LogP contribution in [0.15, 0.2) is 18.2 Å². The Bertz CT molecular complexity index is 398. The van der Waals surface area contributed by atoms with Crippen molar-refractivity contribution in [2.45, 2.75) is 13.3 Å². The fourth-order valence-electron chi connectivity index (χ4n) is 1.51. The summed E-state index contributed by atoms with van der Waals surface area (Å²) in [6.07, 6.45) is 0.731. The number of amides is 1. The summed E-state index contributed by atoms with van der Waals surface area (Å²) in [7, 11) is 1.63. The van der Waals surface area contributed by atoms with Crippen LogP contribution in [0.2, 0.25) is 0 Å². The molecular formula is C13H20ClNO4. The van der Waals surface area contributed by atoms with E-state index in [1.54, 1.807) is 25.3 Å². The number of benzene rings is 1. The Kier molecular flexibility index (Phi) is 8.74. The monoisotopic (exact) mass is 289 g/mol. The minimum absolute atomic E-state index is 0. The molecule has 0 aliphatic rings. The predicted octanol–water partition coefficient (Wildman–Crippen LogP) is 2.02. The quantitative estimate of drug-likeness (QED) is 0.743. The van der Waals surface area contributed by atoms with Gasteiger partial charge in [-0.1, -0.05) is 6.07 Å². The molecule has 0 aliphatic heterocycles. The van der Waals surface area contributed by atoms with E-state index in [9.17, 15) is 4.79 Å². The van der Waals surface area contributed by atoms with Crippen LogP contribution in [0.1, 0.15) is 23.7 Å². The smallest absolute Gasteiger partial charge is 0.252 e. The molecule has 108 valence electrons. The zero-order valence-corrected chi connectivity index (χ0v) is 12.0. The van der Waals surface area contributed by atoms with Gasteiger partial charge in [-0.25, -0.2) is 0 Å². The Morgan fingerprint density at radius 3 is 2.58 bits per heavy atom. The predicted molar refractivity (Wildman–Crippen MR) is 75.4 cm³/mol. The summed E-state index contributed by atoms with van der Waals surface area (Å²) in [5, 5.41) is 0. The summed E-state index contributed by atoms with van der Waals surface area (Å²) in [5.74, 6) is 0.410. The fraction of sp³-hybridized carbons (Fsp3) is 0.462. The molecule has 0 bridgehead atoms. The number of carbonyl (C=O) groups is 1. The Balaban J connectivity index is 0.00000324. The topological polar surface area (TPSA) is 70.8 Å². The second-order valence-corrected chi connectivity index (χ2v) is 3.62. The number of carbonyl (C=O) groups excluding carboxylic acids is 1. The van der Waals surface area contributed by atoms with Crippen molar-refractivity contribution >= 4 is 18.3 Å². The number of halogens is 1. The molecule has 19 heavy (non-hydrogen) atoms. The lowest BCUT2D eigenvalue weighted by atomic mass is 10.1. The molecule has 0 heterocycles. The highest BCUT2D eigenvalue weighted by atomic mass is 35.5. The van der Waals surface area contributed by atoms with Crippen LogP contribution < -0.4 is 15.2 Å². The van der Waals surface area contributed by atoms with Gasteiger partial charge < -0.3 is 19.9 Å². The van der Waals surface area contributed by atoms with Gasteiger partial charge in [0.05, 0.1) is 18.8 Å². The van der Waals surface area contributed by atoms with Crippen LogP contribution in [0.25, 0.3) is 0 Å². The molecular weight excluding hydrogens is 270 g/mol. The SMILES string of the molecule is CCOc1cccc(C(N)=O)c1OCCCOC.Cl. The van der Waals surface area contributed by atoms with E-state index >= 15 is 0 Å². The van der Waals surface area contributed by atoms with Crippen molar-refractivity contribution in [1.82, 2.24) is 0 Å². The molecule has 1 aromatic rings. The molecule has 0 aromatic heterocycles. The maximum absolute atomic E-state index is 11.3. The number of hydrogen-bond donors (Lipinski definition) is 1. The summed E-state index contributed by atoms with van der Waals surface area (Å²) in [6.45, 7) is 3.41. The zero-order chi connectivity index (χ0) is 13.4. The van der Waals surface area contributed by atoms with E-state index in [2.05, 4.69) is 0 Å². The highest BCUT2D eigenvalue weighted by molar-refractivity contribution is 5.96. The molecule has 2 N–H and O–H groups in total. The van der Waals surface area contributed by atoms with Crippen molar-refractivity contribution in [3.05, 3.63) is 23.8 Å². The van der Waals surface area contributed by atoms with Crippen LogP contribution in [-0.2, 0) is 4.74 Å². The van der Waals surface area contributed by atoms with Gasteiger partial charge in [0.1, 0.15) is 0 Å². The molecule has 1 amide bonds. The molecule has 0 saturated heterocycles. The summed E-state index contributed by atoms with van der Waals surface area (Å²) >= 11 is 0. The van der Waals surface area contributed by atoms with Crippen LogP contribution in [-0.4, -0.2) is 32.8 Å². The van der Waals surface area contributed by atoms with Gasteiger partial charge in [-0.3, -0.25) is 4.79 Å². The number of rotatable bonds is 8. The molecule has 0 aliphatic carbocycles. The number of methoxy groups -OCH3 is 1. The number of hydrogen-bond acceptors (Lipinski definition) is 4. The van der Waals surface area contributed by atoms with E-state index in [4.69, 9.17) is 19.9 Å². The van der Waals surface area contributed by atoms with Crippen molar-refractivity contribution in [3.8, 4) is 11.5 Å². The van der Waals surface area contributed by atoms with Crippen LogP contribution in [0.3, 0.4) is 0 Å². The maximum atomic E-state index is 11.3. The third-order valence-electron chi connectivity index (χ3n) is 2.28. The van der Waals surface area contributed by atoms with Crippen molar-refractivity contribution in [3.63, 3.8) is 0 Å². The Morgan fingerprint density at radius 1 is 1.26 bits per heavy atom. The van der Waals surface area contributed by atoms with Gasteiger partial charge in [0.15, 0.2) is 11.5 Å². The van der Waals surface area contributed by atoms with E-state index in [-0.39, 0.29) is 12.4 Å². The first-order valence-corrected chi connectivity index (χ1v) is 5.88. The molecule has 0 saturated carbocycles. The fourth-order valence-corrected chi connectivity index (χ4v) is 1.51. The lowest BCUT2D eigenvalue weighted by molar-refractivity contribution is 0.0994. The van der Waals surface area contributed by atoms with Gasteiger partial charge in [-0.15, -0.1) is 12.4 Å². The molecule has 0 fully saturated rings. The molecule has 5 nitrogen and oxygen atoms in total. The minimum Gasteiger partial charge on any atom is -0.490 e. The van der Waals surface area contributed by atoms with Crippen molar-refractivity contribution in [1.29, 1.82) is 0 Å². The van der Waals surface area contributed by atoms with Gasteiger partial charge in [0.2, 0.25) is 0 Å². The number of nitrogens with two attached hydrogens (primary N) is 1. The van der Waals surface area contributed by atoms with E-state index < -0.39 is 5.91 Å². The van der Waals surface area contributed by atoms with Crippen LogP contribution in [0.5, 0.6) is 11.5 Å². The molecule has 0 unspecified atom stereocenters. The zero-order valence-electron chi connectivity index (χ0n) is 11.2. The van der Waals surface area contributed by atoms with E-state index in [1.165, 1.54) is 0 Å². The van der Waals surface area contributed by atoms with Crippen LogP contribution >= 0.6 is 12.4 Å². The standard InChI is InChI=1S/C13H19NO4.ClH/c1-3-17-11-7-4-6-10(13(14)15)12(11)18-9-5-8-16-2;/h4,6-7H,3,5,8-9H2,1-2H3,(H2,14,15);1H. The van der Waals surface area contributed by atoms with Crippen molar-refractivity contribution in [2.24, 2.45) is 5.73 Å². The molecule has 6 heteroatoms. The first-order chi connectivity index (χ1) is 8.70. The lowest BCUT2D eigenvalue weighted by Crippen LogP contribution is -2.14. The van der Waals surface area contributed by atoms with Gasteiger partial charge in [-0.2, -0.15) is 0 Å². The molecule has 1 rings (SSSR count). The largest absolute Gasteiger partial charge is 0.490 e. The normalized spacial score (nSPS) is 9.58. The minimum atomic E-state index is -0.529. The van der Waals surface area contributed by atoms with Crippen molar-refractivity contribution < 1.29 is 19.0 Å². The highest BCUT2D eigenvalue weighted by Crippen LogP contribution is 2.31. The number of para-hydroxylation sites is 1. The Hall–Kier alpha value is -1.46. The van der Waals surface area contributed by atoms with Gasteiger partial charge >= 0.3 is 0 Å². The summed E-state index contributed by atoms with van der Waals surface area (Å²) in [6, 6.07) is 5.09.